The minimum atomic E-state index is -0.430. The molecule has 0 atom stereocenters. The van der Waals surface area contributed by atoms with Crippen LogP contribution < -0.4 is 15.6 Å². The third-order valence-corrected chi connectivity index (χ3v) is 4.01. The summed E-state index contributed by atoms with van der Waals surface area (Å²) in [7, 11) is 1.52. The molecule has 1 aromatic carbocycles. The molecule has 5 nitrogen and oxygen atoms in total. The van der Waals surface area contributed by atoms with Crippen molar-refractivity contribution in [1.29, 1.82) is 0 Å². The van der Waals surface area contributed by atoms with Gasteiger partial charge in [-0.2, -0.15) is 0 Å². The summed E-state index contributed by atoms with van der Waals surface area (Å²) in [6, 6.07) is 8.45. The van der Waals surface area contributed by atoms with Crippen LogP contribution in [-0.4, -0.2) is 18.9 Å². The van der Waals surface area contributed by atoms with Crippen LogP contribution in [-0.2, 0) is 0 Å². The van der Waals surface area contributed by atoms with Gasteiger partial charge < -0.3 is 4.74 Å². The second-order valence-electron chi connectivity index (χ2n) is 3.73. The SMILES string of the molecule is COc1ccc(Br)c(C(=O)NNC(=O)c2cccs2)c1. The van der Waals surface area contributed by atoms with Crippen LogP contribution in [0, 0.1) is 0 Å². The number of hydrogen-bond acceptors (Lipinski definition) is 4. The van der Waals surface area contributed by atoms with Gasteiger partial charge in [0.25, 0.3) is 11.8 Å². The number of hydrazine groups is 1. The Labute approximate surface area is 128 Å². The molecule has 0 aliphatic carbocycles. The molecule has 2 aromatic rings. The van der Waals surface area contributed by atoms with Gasteiger partial charge in [-0.25, -0.2) is 0 Å². The number of halogens is 1. The van der Waals surface area contributed by atoms with Crippen LogP contribution in [0.5, 0.6) is 5.75 Å². The van der Waals surface area contributed by atoms with Crippen LogP contribution in [0.25, 0.3) is 0 Å². The van der Waals surface area contributed by atoms with Gasteiger partial charge >= 0.3 is 0 Å². The zero-order valence-electron chi connectivity index (χ0n) is 10.5. The minimum absolute atomic E-state index is 0.354. The smallest absolute Gasteiger partial charge is 0.279 e. The molecule has 0 radical (unpaired) electrons. The van der Waals surface area contributed by atoms with Gasteiger partial charge in [0.1, 0.15) is 5.75 Å². The Hall–Kier alpha value is -1.86. The number of benzene rings is 1. The van der Waals surface area contributed by atoms with Crippen molar-refractivity contribution in [1.82, 2.24) is 10.9 Å². The van der Waals surface area contributed by atoms with E-state index in [9.17, 15) is 9.59 Å². The first-order valence-corrected chi connectivity index (χ1v) is 7.27. The maximum absolute atomic E-state index is 12.0. The van der Waals surface area contributed by atoms with E-state index in [1.54, 1.807) is 35.7 Å². The van der Waals surface area contributed by atoms with Gasteiger partial charge in [-0.05, 0) is 45.6 Å². The number of carbonyl (C=O) groups excluding carboxylic acids is 2. The fraction of sp³-hybridized carbons (Fsp3) is 0.0769. The van der Waals surface area contributed by atoms with Crippen molar-refractivity contribution in [3.05, 3.63) is 50.6 Å². The van der Waals surface area contributed by atoms with Gasteiger partial charge in [-0.3, -0.25) is 20.4 Å². The van der Waals surface area contributed by atoms with E-state index in [1.165, 1.54) is 18.4 Å². The van der Waals surface area contributed by atoms with Gasteiger partial charge in [0.2, 0.25) is 0 Å². The second kappa shape index (κ2) is 6.53. The molecular weight excluding hydrogens is 344 g/mol. The zero-order chi connectivity index (χ0) is 14.5. The monoisotopic (exact) mass is 354 g/mol. The maximum atomic E-state index is 12.0. The first-order valence-electron chi connectivity index (χ1n) is 5.59. The lowest BCUT2D eigenvalue weighted by Crippen LogP contribution is -2.41. The summed E-state index contributed by atoms with van der Waals surface area (Å²) in [5, 5.41) is 1.79. The fourth-order valence-electron chi connectivity index (χ4n) is 1.46. The summed E-state index contributed by atoms with van der Waals surface area (Å²) >= 11 is 4.57. The third-order valence-electron chi connectivity index (χ3n) is 2.45. The van der Waals surface area contributed by atoms with Crippen LogP contribution in [0.4, 0.5) is 0 Å². The normalized spacial score (nSPS) is 9.90. The Morgan fingerprint density at radius 3 is 2.60 bits per heavy atom. The molecule has 2 N–H and O–H groups in total. The summed E-state index contributed by atoms with van der Waals surface area (Å²) in [5.41, 5.74) is 5.09. The summed E-state index contributed by atoms with van der Waals surface area (Å²) in [4.78, 5) is 24.2. The summed E-state index contributed by atoms with van der Waals surface area (Å²) in [6.07, 6.45) is 0. The first kappa shape index (κ1) is 14.5. The molecule has 0 spiro atoms. The van der Waals surface area contributed by atoms with Crippen LogP contribution >= 0.6 is 27.3 Å². The van der Waals surface area contributed by atoms with Gasteiger partial charge in [-0.1, -0.05) is 6.07 Å². The Morgan fingerprint density at radius 1 is 1.20 bits per heavy atom. The molecule has 1 heterocycles. The molecule has 2 rings (SSSR count). The molecular formula is C13H11BrN2O3S. The standard InChI is InChI=1S/C13H11BrN2O3S/c1-19-8-4-5-10(14)9(7-8)12(17)15-16-13(18)11-3-2-6-20-11/h2-7H,1H3,(H,15,17)(H,16,18). The maximum Gasteiger partial charge on any atom is 0.279 e. The van der Waals surface area contributed by atoms with Crippen LogP contribution in [0.1, 0.15) is 20.0 Å². The quantitative estimate of drug-likeness (QED) is 0.832. The van der Waals surface area contributed by atoms with E-state index >= 15 is 0 Å². The van der Waals surface area contributed by atoms with Crippen LogP contribution in [0.2, 0.25) is 0 Å². The third kappa shape index (κ3) is 3.37. The molecule has 0 bridgehead atoms. The number of hydrogen-bond donors (Lipinski definition) is 2. The van der Waals surface area contributed by atoms with E-state index in [0.29, 0.717) is 20.7 Å². The van der Waals surface area contributed by atoms with Crippen molar-refractivity contribution >= 4 is 39.1 Å². The zero-order valence-corrected chi connectivity index (χ0v) is 12.9. The van der Waals surface area contributed by atoms with E-state index < -0.39 is 5.91 Å². The number of thiophene rings is 1. The van der Waals surface area contributed by atoms with Crippen molar-refractivity contribution in [2.24, 2.45) is 0 Å². The highest BCUT2D eigenvalue weighted by molar-refractivity contribution is 9.10. The highest BCUT2D eigenvalue weighted by Gasteiger charge is 2.13. The van der Waals surface area contributed by atoms with Crippen molar-refractivity contribution in [3.8, 4) is 5.75 Å². The van der Waals surface area contributed by atoms with Crippen LogP contribution in [0.15, 0.2) is 40.2 Å². The number of nitrogens with one attached hydrogen (secondary N) is 2. The van der Waals surface area contributed by atoms with Crippen molar-refractivity contribution in [3.63, 3.8) is 0 Å². The lowest BCUT2D eigenvalue weighted by atomic mass is 10.2. The highest BCUT2D eigenvalue weighted by atomic mass is 79.9. The highest BCUT2D eigenvalue weighted by Crippen LogP contribution is 2.22. The Morgan fingerprint density at radius 2 is 1.95 bits per heavy atom. The van der Waals surface area contributed by atoms with Gasteiger partial charge in [0.05, 0.1) is 17.6 Å². The number of ether oxygens (including phenoxy) is 1. The average molecular weight is 355 g/mol. The summed E-state index contributed by atoms with van der Waals surface area (Å²) < 4.78 is 5.67. The summed E-state index contributed by atoms with van der Waals surface area (Å²) in [5.74, 6) is -0.226. The lowest BCUT2D eigenvalue weighted by molar-refractivity contribution is 0.0848. The van der Waals surface area contributed by atoms with Gasteiger partial charge in [-0.15, -0.1) is 11.3 Å². The van der Waals surface area contributed by atoms with E-state index in [1.807, 2.05) is 0 Å². The molecule has 1 aromatic heterocycles. The van der Waals surface area contributed by atoms with Crippen molar-refractivity contribution < 1.29 is 14.3 Å². The first-order chi connectivity index (χ1) is 9.61. The number of amides is 2. The largest absolute Gasteiger partial charge is 0.497 e. The van der Waals surface area contributed by atoms with E-state index in [2.05, 4.69) is 26.8 Å². The second-order valence-corrected chi connectivity index (χ2v) is 5.53. The van der Waals surface area contributed by atoms with Crippen LogP contribution in [0.3, 0.4) is 0 Å². The molecule has 0 unspecified atom stereocenters. The van der Waals surface area contributed by atoms with Gasteiger partial charge in [0, 0.05) is 4.47 Å². The van der Waals surface area contributed by atoms with Crippen molar-refractivity contribution in [2.75, 3.05) is 7.11 Å². The molecule has 0 aliphatic heterocycles. The van der Waals surface area contributed by atoms with Crippen molar-refractivity contribution in [2.45, 2.75) is 0 Å². The topological polar surface area (TPSA) is 67.4 Å². The Bertz CT molecular complexity index is 629. The Kier molecular flexibility index (Phi) is 4.75. The van der Waals surface area contributed by atoms with E-state index in [4.69, 9.17) is 4.74 Å². The fourth-order valence-corrected chi connectivity index (χ4v) is 2.50. The predicted octanol–water partition coefficient (Wildman–Crippen LogP) is 2.59. The molecule has 104 valence electrons. The molecule has 7 heteroatoms. The lowest BCUT2D eigenvalue weighted by Gasteiger charge is -2.09. The molecule has 0 saturated carbocycles. The molecule has 0 fully saturated rings. The van der Waals surface area contributed by atoms with Gasteiger partial charge in [0.15, 0.2) is 0 Å². The molecule has 0 aliphatic rings. The van der Waals surface area contributed by atoms with E-state index in [0.717, 1.165) is 0 Å². The molecule has 0 saturated heterocycles. The number of rotatable bonds is 3. The summed E-state index contributed by atoms with van der Waals surface area (Å²) in [6.45, 7) is 0. The average Bonchev–Trinajstić information content (AvgIpc) is 2.99. The number of methoxy groups -OCH3 is 1. The molecule has 2 amide bonds. The molecule has 20 heavy (non-hydrogen) atoms. The Balaban J connectivity index is 2.03. The van der Waals surface area contributed by atoms with E-state index in [-0.39, 0.29) is 5.91 Å². The predicted molar refractivity (Wildman–Crippen MR) is 79.9 cm³/mol. The minimum Gasteiger partial charge on any atom is -0.497 e. The number of carbonyl (C=O) groups is 2.